The molecule has 0 unspecified atom stereocenters. The summed E-state index contributed by atoms with van der Waals surface area (Å²) >= 11 is 3.48. The first-order chi connectivity index (χ1) is 17.7. The molecule has 16 heteroatoms. The maximum absolute atomic E-state index is 13.3. The molecule has 3 aliphatic rings. The van der Waals surface area contributed by atoms with Crippen molar-refractivity contribution in [3.05, 3.63) is 51.0 Å². The Kier molecular flexibility index (Phi) is 5.89. The molecule has 3 aromatic rings. The van der Waals surface area contributed by atoms with E-state index >= 15 is 0 Å². The molecule has 196 valence electrons. The van der Waals surface area contributed by atoms with Crippen molar-refractivity contribution in [2.75, 3.05) is 18.9 Å². The van der Waals surface area contributed by atoms with E-state index in [0.717, 1.165) is 10.0 Å². The number of phosphoric acid groups is 1. The Balaban J connectivity index is 1.25. The maximum atomic E-state index is 13.3. The molecular weight excluding hydrogens is 577 g/mol. The number of nitrogens with zero attached hydrogens (tertiary/aromatic N) is 3. The van der Waals surface area contributed by atoms with Crippen LogP contribution in [-0.2, 0) is 32.3 Å². The van der Waals surface area contributed by atoms with E-state index in [2.05, 4.69) is 30.9 Å². The van der Waals surface area contributed by atoms with E-state index < -0.39 is 49.7 Å². The SMILES string of the molecule is C[C@@]12OC(=O)O[C@@H]1[C@@H](CO[P@]1(=O)OCC[C@H](c3ccccc3Br)O1)O[C@H]2n1cnc2c(=O)[nH]c(N)nc21. The Morgan fingerprint density at radius 2 is 2.16 bits per heavy atom. The highest BCUT2D eigenvalue weighted by molar-refractivity contribution is 9.10. The van der Waals surface area contributed by atoms with Crippen LogP contribution in [0.25, 0.3) is 11.2 Å². The van der Waals surface area contributed by atoms with Crippen molar-refractivity contribution in [3.63, 3.8) is 0 Å². The average Bonchev–Trinajstić information content (AvgIpc) is 3.47. The van der Waals surface area contributed by atoms with E-state index in [1.807, 2.05) is 24.3 Å². The number of rotatable bonds is 5. The fourth-order valence-electron chi connectivity index (χ4n) is 4.76. The molecule has 2 aromatic heterocycles. The lowest BCUT2D eigenvalue weighted by molar-refractivity contribution is -0.0925. The number of benzene rings is 1. The van der Waals surface area contributed by atoms with Crippen LogP contribution in [0, 0.1) is 0 Å². The predicted octanol–water partition coefficient (Wildman–Crippen LogP) is 2.96. The number of hydrogen-bond acceptors (Lipinski definition) is 12. The molecule has 3 aliphatic heterocycles. The van der Waals surface area contributed by atoms with Crippen LogP contribution in [-0.4, -0.2) is 56.7 Å². The molecule has 5 heterocycles. The molecule has 0 aliphatic carbocycles. The molecule has 0 saturated carbocycles. The van der Waals surface area contributed by atoms with E-state index in [0.29, 0.717) is 6.42 Å². The fraction of sp³-hybridized carbons (Fsp3) is 0.429. The van der Waals surface area contributed by atoms with E-state index in [9.17, 15) is 14.2 Å². The summed E-state index contributed by atoms with van der Waals surface area (Å²) in [5.41, 5.74) is 4.78. The molecule has 0 spiro atoms. The number of nitrogen functional groups attached to an aromatic ring is 1. The highest BCUT2D eigenvalue weighted by Crippen LogP contribution is 2.58. The molecular formula is C21H21BrN5O9P. The van der Waals surface area contributed by atoms with Gasteiger partial charge >= 0.3 is 14.0 Å². The standard InChI is InChI=1S/C21H21BrN5O9P/c1-21-15(34-20(29)35-21)13(33-18(21)27-9-24-14-16(27)25-19(23)26-17(14)28)8-32-37(30)31-7-6-12(36-37)10-4-2-3-5-11(10)22/h2-5,9,12-13,15,18H,6-8H2,1H3,(H3,23,25,26,28)/t12-,13-,15-,18-,21-,37+/m1/s1. The van der Waals surface area contributed by atoms with Crippen molar-refractivity contribution < 1.29 is 37.1 Å². The number of halogens is 1. The molecule has 0 bridgehead atoms. The van der Waals surface area contributed by atoms with Crippen LogP contribution >= 0.6 is 23.8 Å². The lowest BCUT2D eigenvalue weighted by Crippen LogP contribution is -2.42. The number of imidazole rings is 1. The number of hydrogen-bond donors (Lipinski definition) is 2. The quantitative estimate of drug-likeness (QED) is 0.325. The van der Waals surface area contributed by atoms with Gasteiger partial charge in [-0.2, -0.15) is 4.98 Å². The largest absolute Gasteiger partial charge is 0.509 e. The van der Waals surface area contributed by atoms with Crippen molar-refractivity contribution in [3.8, 4) is 0 Å². The maximum Gasteiger partial charge on any atom is 0.509 e. The zero-order chi connectivity index (χ0) is 25.9. The number of carbonyl (C=O) groups excluding carboxylic acids is 1. The Bertz CT molecular complexity index is 1500. The second kappa shape index (κ2) is 8.89. The summed E-state index contributed by atoms with van der Waals surface area (Å²) in [6, 6.07) is 7.43. The highest BCUT2D eigenvalue weighted by Gasteiger charge is 2.64. The zero-order valence-corrected chi connectivity index (χ0v) is 21.7. The minimum absolute atomic E-state index is 0.0226. The predicted molar refractivity (Wildman–Crippen MR) is 128 cm³/mol. The number of phosphoric ester groups is 1. The zero-order valence-electron chi connectivity index (χ0n) is 19.2. The normalized spacial score (nSPS) is 33.3. The summed E-state index contributed by atoms with van der Waals surface area (Å²) in [6.07, 6.45) is -2.51. The number of anilines is 1. The van der Waals surface area contributed by atoms with Gasteiger partial charge in [0.05, 0.1) is 25.6 Å². The molecule has 1 aromatic carbocycles. The molecule has 0 amide bonds. The van der Waals surface area contributed by atoms with Gasteiger partial charge in [0, 0.05) is 10.9 Å². The number of aromatic amines is 1. The number of nitrogens with one attached hydrogen (secondary N) is 1. The van der Waals surface area contributed by atoms with Crippen molar-refractivity contribution in [2.24, 2.45) is 0 Å². The topological polar surface area (TPSA) is 179 Å². The number of nitrogens with two attached hydrogens (primary N) is 1. The number of carbonyl (C=O) groups is 1. The van der Waals surface area contributed by atoms with Crippen LogP contribution in [0.1, 0.15) is 31.2 Å². The summed E-state index contributed by atoms with van der Waals surface area (Å²) in [5, 5.41) is 0. The number of H-pyrrole nitrogens is 1. The third-order valence-corrected chi connectivity index (χ3v) is 8.66. The van der Waals surface area contributed by atoms with Crippen molar-refractivity contribution >= 4 is 47.0 Å². The molecule has 37 heavy (non-hydrogen) atoms. The first-order valence-electron chi connectivity index (χ1n) is 11.3. The first kappa shape index (κ1) is 24.5. The minimum Gasteiger partial charge on any atom is -0.424 e. The van der Waals surface area contributed by atoms with Gasteiger partial charge < -0.3 is 19.9 Å². The molecule has 14 nitrogen and oxygen atoms in total. The van der Waals surface area contributed by atoms with E-state index in [-0.39, 0.29) is 30.3 Å². The van der Waals surface area contributed by atoms with Crippen molar-refractivity contribution in [2.45, 2.75) is 43.5 Å². The fourth-order valence-corrected chi connectivity index (χ4v) is 6.69. The number of fused-ring (bicyclic) bond motifs is 2. The van der Waals surface area contributed by atoms with Crippen molar-refractivity contribution in [1.29, 1.82) is 0 Å². The first-order valence-corrected chi connectivity index (χ1v) is 13.5. The van der Waals surface area contributed by atoms with Crippen LogP contribution in [0.5, 0.6) is 0 Å². The third kappa shape index (κ3) is 4.15. The summed E-state index contributed by atoms with van der Waals surface area (Å²) in [4.78, 5) is 35.0. The van der Waals surface area contributed by atoms with Crippen LogP contribution in [0.15, 0.2) is 39.9 Å². The summed E-state index contributed by atoms with van der Waals surface area (Å²) in [5.74, 6) is -0.122. The van der Waals surface area contributed by atoms with Crippen LogP contribution in [0.4, 0.5) is 10.7 Å². The van der Waals surface area contributed by atoms with E-state index in [4.69, 9.17) is 33.5 Å². The smallest absolute Gasteiger partial charge is 0.424 e. The van der Waals surface area contributed by atoms with Crippen LogP contribution in [0.2, 0.25) is 0 Å². The van der Waals surface area contributed by atoms with Gasteiger partial charge in [0.1, 0.15) is 6.10 Å². The summed E-state index contributed by atoms with van der Waals surface area (Å²) in [6.45, 7) is 1.45. The molecule has 6 atom stereocenters. The van der Waals surface area contributed by atoms with Gasteiger partial charge in [-0.25, -0.2) is 14.3 Å². The van der Waals surface area contributed by atoms with Crippen molar-refractivity contribution in [1.82, 2.24) is 19.5 Å². The Hall–Kier alpha value is -2.81. The van der Waals surface area contributed by atoms with E-state index in [1.54, 1.807) is 6.92 Å². The lowest BCUT2D eigenvalue weighted by Gasteiger charge is -2.30. The molecule has 3 saturated heterocycles. The van der Waals surface area contributed by atoms with E-state index in [1.165, 1.54) is 10.9 Å². The van der Waals surface area contributed by atoms with Crippen LogP contribution < -0.4 is 11.3 Å². The molecule has 3 fully saturated rings. The number of aromatic nitrogens is 4. The second-order valence-electron chi connectivity index (χ2n) is 8.86. The second-order valence-corrected chi connectivity index (χ2v) is 11.3. The average molecular weight is 598 g/mol. The van der Waals surface area contributed by atoms with Gasteiger partial charge in [-0.1, -0.05) is 34.1 Å². The monoisotopic (exact) mass is 597 g/mol. The molecule has 6 rings (SSSR count). The van der Waals surface area contributed by atoms with Gasteiger partial charge in [0.15, 0.2) is 29.1 Å². The highest BCUT2D eigenvalue weighted by atomic mass is 79.9. The lowest BCUT2D eigenvalue weighted by atomic mass is 9.96. The third-order valence-electron chi connectivity index (χ3n) is 6.46. The Labute approximate surface area is 217 Å². The Morgan fingerprint density at radius 1 is 1.35 bits per heavy atom. The summed E-state index contributed by atoms with van der Waals surface area (Å²) in [7, 11) is -3.99. The molecule has 3 N–H and O–H groups in total. The Morgan fingerprint density at radius 3 is 2.97 bits per heavy atom. The van der Waals surface area contributed by atoms with Gasteiger partial charge in [-0.3, -0.25) is 27.9 Å². The minimum atomic E-state index is -3.99. The number of ether oxygens (including phenoxy) is 3. The van der Waals surface area contributed by atoms with Gasteiger partial charge in [0.25, 0.3) is 5.56 Å². The van der Waals surface area contributed by atoms with Gasteiger partial charge in [0.2, 0.25) is 5.95 Å². The van der Waals surface area contributed by atoms with Gasteiger partial charge in [-0.05, 0) is 18.6 Å². The van der Waals surface area contributed by atoms with Gasteiger partial charge in [-0.15, -0.1) is 0 Å². The molecule has 0 radical (unpaired) electrons. The van der Waals surface area contributed by atoms with Crippen LogP contribution in [0.3, 0.4) is 0 Å². The summed E-state index contributed by atoms with van der Waals surface area (Å²) < 4.78 is 49.3.